The molecule has 6 heteroatoms. The summed E-state index contributed by atoms with van der Waals surface area (Å²) >= 11 is 9.22. The minimum Gasteiger partial charge on any atom is -0.444 e. The van der Waals surface area contributed by atoms with Crippen LogP contribution in [-0.2, 0) is 9.53 Å². The van der Waals surface area contributed by atoms with Crippen molar-refractivity contribution in [3.05, 3.63) is 63.1 Å². The fourth-order valence-corrected chi connectivity index (χ4v) is 2.18. The van der Waals surface area contributed by atoms with Crippen LogP contribution >= 0.6 is 27.5 Å². The Hall–Kier alpha value is -1.85. The first-order valence-electron chi connectivity index (χ1n) is 5.66. The number of rotatable bonds is 2. The van der Waals surface area contributed by atoms with Crippen molar-refractivity contribution in [1.29, 1.82) is 0 Å². The lowest BCUT2D eigenvalue weighted by atomic mass is 10.2. The highest BCUT2D eigenvalue weighted by molar-refractivity contribution is 9.10. The maximum absolute atomic E-state index is 11.8. The van der Waals surface area contributed by atoms with Crippen molar-refractivity contribution in [1.82, 2.24) is 0 Å². The average molecular weight is 353 g/mol. The molecule has 1 aliphatic heterocycles. The molecule has 0 bridgehead atoms. The number of aliphatic imine (C=N–C) groups is 1. The number of carbonyl (C=O) groups excluding carboxylic acids is 1. The van der Waals surface area contributed by atoms with Crippen LogP contribution < -0.4 is 0 Å². The Morgan fingerprint density at radius 3 is 2.70 bits per heavy atom. The predicted octanol–water partition coefficient (Wildman–Crippen LogP) is 4.04. The molecular weight excluding hydrogens is 346 g/mol. The SMILES string of the molecule is O=C1OC(c2ccc(Br)o2)=NC1=Cc1ccccc1Cl. The molecule has 0 atom stereocenters. The van der Waals surface area contributed by atoms with Gasteiger partial charge in [-0.2, -0.15) is 0 Å². The van der Waals surface area contributed by atoms with Gasteiger partial charge in [-0.1, -0.05) is 29.8 Å². The van der Waals surface area contributed by atoms with Crippen LogP contribution in [-0.4, -0.2) is 11.9 Å². The number of carbonyl (C=O) groups is 1. The van der Waals surface area contributed by atoms with Crippen molar-refractivity contribution in [2.24, 2.45) is 4.99 Å². The number of halogens is 2. The Kier molecular flexibility index (Phi) is 3.46. The average Bonchev–Trinajstić information content (AvgIpc) is 2.99. The molecular formula is C14H7BrClNO3. The number of benzene rings is 1. The minimum absolute atomic E-state index is 0.138. The number of hydrogen-bond donors (Lipinski definition) is 0. The second-order valence-corrected chi connectivity index (χ2v) is 5.15. The fraction of sp³-hybridized carbons (Fsp3) is 0. The molecule has 1 aromatic carbocycles. The van der Waals surface area contributed by atoms with E-state index in [-0.39, 0.29) is 11.6 Å². The molecule has 20 heavy (non-hydrogen) atoms. The molecule has 3 rings (SSSR count). The van der Waals surface area contributed by atoms with Gasteiger partial charge in [0.05, 0.1) is 0 Å². The zero-order chi connectivity index (χ0) is 14.1. The van der Waals surface area contributed by atoms with Gasteiger partial charge < -0.3 is 9.15 Å². The summed E-state index contributed by atoms with van der Waals surface area (Å²) in [5.74, 6) is -0.0146. The molecule has 1 aromatic heterocycles. The monoisotopic (exact) mass is 351 g/mol. The topological polar surface area (TPSA) is 51.8 Å². The normalized spacial score (nSPS) is 16.4. The number of hydrogen-bond acceptors (Lipinski definition) is 4. The van der Waals surface area contributed by atoms with Gasteiger partial charge in [0.2, 0.25) is 0 Å². The minimum atomic E-state index is -0.535. The lowest BCUT2D eigenvalue weighted by molar-refractivity contribution is -0.130. The molecule has 0 amide bonds. The van der Waals surface area contributed by atoms with Crippen LogP contribution in [0.25, 0.3) is 6.08 Å². The van der Waals surface area contributed by atoms with E-state index in [2.05, 4.69) is 20.9 Å². The predicted molar refractivity (Wildman–Crippen MR) is 78.5 cm³/mol. The Morgan fingerprint density at radius 1 is 1.20 bits per heavy atom. The summed E-state index contributed by atoms with van der Waals surface area (Å²) in [7, 11) is 0. The third-order valence-corrected chi connectivity index (χ3v) is 3.37. The van der Waals surface area contributed by atoms with E-state index in [0.717, 1.165) is 0 Å². The zero-order valence-electron chi connectivity index (χ0n) is 9.97. The third kappa shape index (κ3) is 2.55. The van der Waals surface area contributed by atoms with Gasteiger partial charge >= 0.3 is 5.97 Å². The van der Waals surface area contributed by atoms with Gasteiger partial charge in [-0.3, -0.25) is 0 Å². The molecule has 0 unspecified atom stereocenters. The first kappa shape index (κ1) is 13.1. The van der Waals surface area contributed by atoms with E-state index in [1.165, 1.54) is 0 Å². The number of furan rings is 1. The second kappa shape index (κ2) is 5.26. The van der Waals surface area contributed by atoms with Crippen LogP contribution in [0.4, 0.5) is 0 Å². The highest BCUT2D eigenvalue weighted by Gasteiger charge is 2.26. The summed E-state index contributed by atoms with van der Waals surface area (Å²) in [6, 6.07) is 10.5. The van der Waals surface area contributed by atoms with Crippen LogP contribution in [0.2, 0.25) is 5.02 Å². The van der Waals surface area contributed by atoms with E-state index < -0.39 is 5.97 Å². The van der Waals surface area contributed by atoms with E-state index in [1.807, 2.05) is 12.1 Å². The van der Waals surface area contributed by atoms with Gasteiger partial charge in [0.25, 0.3) is 5.90 Å². The molecule has 0 saturated heterocycles. The van der Waals surface area contributed by atoms with Crippen molar-refractivity contribution in [2.75, 3.05) is 0 Å². The second-order valence-electron chi connectivity index (χ2n) is 3.96. The van der Waals surface area contributed by atoms with E-state index in [1.54, 1.807) is 30.3 Å². The van der Waals surface area contributed by atoms with Gasteiger partial charge in [-0.15, -0.1) is 0 Å². The lowest BCUT2D eigenvalue weighted by Crippen LogP contribution is -2.04. The largest absolute Gasteiger partial charge is 0.444 e. The van der Waals surface area contributed by atoms with E-state index in [0.29, 0.717) is 21.0 Å². The Morgan fingerprint density at radius 2 is 2.00 bits per heavy atom. The van der Waals surface area contributed by atoms with Crippen molar-refractivity contribution < 1.29 is 13.9 Å². The molecule has 2 heterocycles. The molecule has 0 aliphatic carbocycles. The van der Waals surface area contributed by atoms with Gasteiger partial charge in [0.15, 0.2) is 16.1 Å². The first-order valence-corrected chi connectivity index (χ1v) is 6.83. The molecule has 0 N–H and O–H groups in total. The van der Waals surface area contributed by atoms with Crippen LogP contribution in [0, 0.1) is 0 Å². The Bertz CT molecular complexity index is 748. The molecule has 4 nitrogen and oxygen atoms in total. The van der Waals surface area contributed by atoms with Crippen molar-refractivity contribution in [2.45, 2.75) is 0 Å². The highest BCUT2D eigenvalue weighted by Crippen LogP contribution is 2.24. The van der Waals surface area contributed by atoms with Gasteiger partial charge in [0, 0.05) is 5.02 Å². The molecule has 0 radical (unpaired) electrons. The van der Waals surface area contributed by atoms with E-state index >= 15 is 0 Å². The number of ether oxygens (including phenoxy) is 1. The van der Waals surface area contributed by atoms with Crippen LogP contribution in [0.3, 0.4) is 0 Å². The molecule has 0 fully saturated rings. The Balaban J connectivity index is 1.97. The maximum Gasteiger partial charge on any atom is 0.363 e. The smallest absolute Gasteiger partial charge is 0.363 e. The Labute approximate surface area is 127 Å². The number of esters is 1. The van der Waals surface area contributed by atoms with Gasteiger partial charge in [-0.05, 0) is 45.8 Å². The number of cyclic esters (lactones) is 1. The molecule has 2 aromatic rings. The van der Waals surface area contributed by atoms with Crippen LogP contribution in [0.1, 0.15) is 11.3 Å². The molecule has 0 saturated carbocycles. The van der Waals surface area contributed by atoms with E-state index in [4.69, 9.17) is 20.8 Å². The van der Waals surface area contributed by atoms with E-state index in [9.17, 15) is 4.79 Å². The summed E-state index contributed by atoms with van der Waals surface area (Å²) < 4.78 is 10.9. The zero-order valence-corrected chi connectivity index (χ0v) is 12.3. The maximum atomic E-state index is 11.8. The molecule has 100 valence electrons. The summed E-state index contributed by atoms with van der Waals surface area (Å²) in [5.41, 5.74) is 0.882. The number of nitrogens with zero attached hydrogens (tertiary/aromatic N) is 1. The molecule has 0 spiro atoms. The fourth-order valence-electron chi connectivity index (χ4n) is 1.68. The third-order valence-electron chi connectivity index (χ3n) is 2.60. The summed E-state index contributed by atoms with van der Waals surface area (Å²) in [4.78, 5) is 15.9. The van der Waals surface area contributed by atoms with Crippen molar-refractivity contribution >= 4 is 45.5 Å². The molecule has 1 aliphatic rings. The van der Waals surface area contributed by atoms with Crippen molar-refractivity contribution in [3.8, 4) is 0 Å². The summed E-state index contributed by atoms with van der Waals surface area (Å²) in [5, 5.41) is 0.539. The standard InChI is InChI=1S/C14H7BrClNO3/c15-12-6-5-11(19-12)13-17-10(14(18)20-13)7-8-3-1-2-4-9(8)16/h1-7H. The van der Waals surface area contributed by atoms with Crippen LogP contribution in [0.15, 0.2) is 56.2 Å². The first-order chi connectivity index (χ1) is 9.63. The van der Waals surface area contributed by atoms with Crippen LogP contribution in [0.5, 0.6) is 0 Å². The summed E-state index contributed by atoms with van der Waals surface area (Å²) in [6.07, 6.45) is 1.58. The van der Waals surface area contributed by atoms with Gasteiger partial charge in [-0.25, -0.2) is 9.79 Å². The lowest BCUT2D eigenvalue weighted by Gasteiger charge is -1.96. The van der Waals surface area contributed by atoms with Crippen molar-refractivity contribution in [3.63, 3.8) is 0 Å². The summed E-state index contributed by atoms with van der Waals surface area (Å²) in [6.45, 7) is 0. The van der Waals surface area contributed by atoms with Gasteiger partial charge in [0.1, 0.15) is 0 Å². The quantitative estimate of drug-likeness (QED) is 0.605. The highest BCUT2D eigenvalue weighted by atomic mass is 79.9.